The normalized spacial score (nSPS) is 27.5. The van der Waals surface area contributed by atoms with E-state index in [9.17, 15) is 9.90 Å². The van der Waals surface area contributed by atoms with Crippen LogP contribution in [-0.4, -0.2) is 130 Å². The van der Waals surface area contributed by atoms with Crippen LogP contribution >= 0.6 is 27.7 Å². The fourth-order valence-electron chi connectivity index (χ4n) is 8.39. The molecule has 0 aromatic heterocycles. The molecule has 4 heterocycles. The largest absolute Gasteiger partial charge is 0.494 e. The van der Waals surface area contributed by atoms with Crippen molar-refractivity contribution in [1.82, 2.24) is 14.7 Å². The van der Waals surface area contributed by atoms with Crippen molar-refractivity contribution in [3.05, 3.63) is 85.5 Å². The van der Waals surface area contributed by atoms with Gasteiger partial charge in [0.1, 0.15) is 11.8 Å². The van der Waals surface area contributed by atoms with E-state index in [1.807, 2.05) is 61.5 Å². The Kier molecular flexibility index (Phi) is 12.3. The fraction of sp³-hybridized carbons (Fsp3) is 0.513. The van der Waals surface area contributed by atoms with E-state index in [1.165, 1.54) is 0 Å². The van der Waals surface area contributed by atoms with E-state index in [-0.39, 0.29) is 41.0 Å². The van der Waals surface area contributed by atoms with Crippen molar-refractivity contribution < 1.29 is 29.0 Å². The first-order chi connectivity index (χ1) is 24.8. The van der Waals surface area contributed by atoms with Gasteiger partial charge < -0.3 is 29.3 Å². The number of amides is 3. The smallest absolute Gasteiger partial charge is 0.247 e. The Hall–Kier alpha value is -3.16. The maximum Gasteiger partial charge on any atom is 0.247 e. The number of alkyl halides is 1. The number of rotatable bonds is 16. The highest BCUT2D eigenvalue weighted by Gasteiger charge is 2.76. The van der Waals surface area contributed by atoms with Crippen molar-refractivity contribution >= 4 is 51.1 Å². The number of hydrogen-bond donors (Lipinski definition) is 1. The van der Waals surface area contributed by atoms with Crippen molar-refractivity contribution in [2.45, 2.75) is 46.7 Å². The molecule has 7 atom stereocenters. The van der Waals surface area contributed by atoms with E-state index in [4.69, 9.17) is 9.47 Å². The van der Waals surface area contributed by atoms with Crippen molar-refractivity contribution in [1.29, 1.82) is 0 Å². The lowest BCUT2D eigenvalue weighted by atomic mass is 9.70. The van der Waals surface area contributed by atoms with Gasteiger partial charge in [0.25, 0.3) is 0 Å². The summed E-state index contributed by atoms with van der Waals surface area (Å²) >= 11 is 5.52. The number of benzene rings is 2. The highest BCUT2D eigenvalue weighted by atomic mass is 79.9. The van der Waals surface area contributed by atoms with E-state index in [0.29, 0.717) is 63.7 Å². The third-order valence-corrected chi connectivity index (χ3v) is 13.9. The molecule has 3 unspecified atom stereocenters. The Morgan fingerprint density at radius 3 is 2.45 bits per heavy atom. The van der Waals surface area contributed by atoms with Gasteiger partial charge in [0.15, 0.2) is 0 Å². The summed E-state index contributed by atoms with van der Waals surface area (Å²) in [5, 5.41) is 10.7. The van der Waals surface area contributed by atoms with Gasteiger partial charge in [-0.05, 0) is 49.6 Å². The first-order valence-electron chi connectivity index (χ1n) is 17.9. The predicted octanol–water partition coefficient (Wildman–Crippen LogP) is 4.02. The second-order valence-electron chi connectivity index (χ2n) is 13.6. The number of nitrogens with zero attached hydrogens (tertiary/aromatic N) is 4. The molecule has 2 aromatic rings. The Balaban J connectivity index is 1.38. The fourth-order valence-corrected chi connectivity index (χ4v) is 12.0. The molecule has 4 aliphatic heterocycles. The van der Waals surface area contributed by atoms with Crippen molar-refractivity contribution in [2.75, 3.05) is 70.6 Å². The van der Waals surface area contributed by atoms with Crippen LogP contribution in [0, 0.1) is 11.8 Å². The third-order valence-electron chi connectivity index (χ3n) is 10.7. The lowest BCUT2D eigenvalue weighted by Gasteiger charge is -2.40. The number of aliphatic hydroxyl groups is 1. The molecular weight excluding hydrogens is 732 g/mol. The molecule has 1 N–H and O–H groups in total. The highest BCUT2D eigenvalue weighted by Crippen LogP contribution is 2.68. The van der Waals surface area contributed by atoms with Crippen molar-refractivity contribution in [2.24, 2.45) is 11.8 Å². The minimum absolute atomic E-state index is 0.0930. The summed E-state index contributed by atoms with van der Waals surface area (Å²) in [7, 11) is 0. The molecule has 2 aromatic carbocycles. The van der Waals surface area contributed by atoms with E-state index in [0.717, 1.165) is 18.7 Å². The van der Waals surface area contributed by atoms with Gasteiger partial charge in [0.2, 0.25) is 17.7 Å². The molecule has 12 heteroatoms. The maximum atomic E-state index is 15.1. The standard InChI is InChI=1S/C39H49BrN4O6S/c1-4-16-42(19-18-41-20-22-49-23-21-41)38(48)35-39-25-31(40)34(51-39)32(36(46)43(17-5-2)28-12-14-30(15-13-28)50-6-3)33(39)37(47)44(35)29(26-45)24-27-10-8-7-9-11-27/h4-5,7-15,29,31-35,45H,1-2,6,16-26H2,3H3/t29-,31?,32-,33+,34-,35?,39?/m1/s1. The molecule has 1 spiro atoms. The van der Waals surface area contributed by atoms with Gasteiger partial charge in [-0.1, -0.05) is 58.4 Å². The van der Waals surface area contributed by atoms with Gasteiger partial charge in [-0.15, -0.1) is 24.9 Å². The first kappa shape index (κ1) is 37.6. The summed E-state index contributed by atoms with van der Waals surface area (Å²) in [6.07, 6.45) is 4.34. The highest BCUT2D eigenvalue weighted by molar-refractivity contribution is 9.09. The molecule has 0 radical (unpaired) electrons. The summed E-state index contributed by atoms with van der Waals surface area (Å²) in [5.41, 5.74) is 1.64. The molecular formula is C39H49BrN4O6S. The maximum absolute atomic E-state index is 15.1. The van der Waals surface area contributed by atoms with Crippen LogP contribution in [0.3, 0.4) is 0 Å². The molecule has 4 fully saturated rings. The Morgan fingerprint density at radius 2 is 1.80 bits per heavy atom. The quantitative estimate of drug-likeness (QED) is 0.202. The van der Waals surface area contributed by atoms with Crippen LogP contribution < -0.4 is 9.64 Å². The predicted molar refractivity (Wildman–Crippen MR) is 204 cm³/mol. The minimum atomic E-state index is -0.869. The number of anilines is 1. The number of morpholine rings is 1. The van der Waals surface area contributed by atoms with Gasteiger partial charge >= 0.3 is 0 Å². The van der Waals surface area contributed by atoms with E-state index in [2.05, 4.69) is 34.0 Å². The number of likely N-dealkylation sites (tertiary alicyclic amines) is 1. The summed E-state index contributed by atoms with van der Waals surface area (Å²) in [5.74, 6) is -1.31. The van der Waals surface area contributed by atoms with Crippen LogP contribution in [0.1, 0.15) is 18.9 Å². The number of ether oxygens (including phenoxy) is 2. The monoisotopic (exact) mass is 780 g/mol. The van der Waals surface area contributed by atoms with Crippen LogP contribution in [0.25, 0.3) is 0 Å². The number of hydrogen-bond acceptors (Lipinski definition) is 8. The van der Waals surface area contributed by atoms with Gasteiger partial charge in [0, 0.05) is 55.0 Å². The van der Waals surface area contributed by atoms with Crippen LogP contribution in [0.5, 0.6) is 5.75 Å². The Labute approximate surface area is 313 Å². The van der Waals surface area contributed by atoms with Crippen LogP contribution in [0.15, 0.2) is 79.9 Å². The Bertz CT molecular complexity index is 1560. The van der Waals surface area contributed by atoms with Gasteiger partial charge in [-0.3, -0.25) is 19.3 Å². The summed E-state index contributed by atoms with van der Waals surface area (Å²) in [6, 6.07) is 15.6. The molecule has 6 rings (SSSR count). The summed E-state index contributed by atoms with van der Waals surface area (Å²) in [6.45, 7) is 14.6. The second-order valence-corrected chi connectivity index (χ2v) is 16.3. The molecule has 51 heavy (non-hydrogen) atoms. The van der Waals surface area contributed by atoms with Crippen molar-refractivity contribution in [3.8, 4) is 5.75 Å². The summed E-state index contributed by atoms with van der Waals surface area (Å²) < 4.78 is 10.3. The molecule has 3 amide bonds. The number of carbonyl (C=O) groups is 3. The van der Waals surface area contributed by atoms with Crippen molar-refractivity contribution in [3.63, 3.8) is 0 Å². The van der Waals surface area contributed by atoms with E-state index >= 15 is 9.59 Å². The zero-order valence-electron chi connectivity index (χ0n) is 29.3. The van der Waals surface area contributed by atoms with Gasteiger partial charge in [-0.25, -0.2) is 0 Å². The Morgan fingerprint density at radius 1 is 1.10 bits per heavy atom. The molecule has 10 nitrogen and oxygen atoms in total. The molecule has 0 saturated carbocycles. The lowest BCUT2D eigenvalue weighted by Crippen LogP contribution is -2.59. The second kappa shape index (κ2) is 16.7. The zero-order chi connectivity index (χ0) is 36.1. The van der Waals surface area contributed by atoms with Gasteiger partial charge in [0.05, 0.1) is 49.1 Å². The number of fused-ring (bicyclic) bond motifs is 1. The molecule has 4 aliphatic rings. The number of thioether (sulfide) groups is 1. The number of aliphatic hydroxyl groups excluding tert-OH is 1. The minimum Gasteiger partial charge on any atom is -0.494 e. The third kappa shape index (κ3) is 7.40. The van der Waals surface area contributed by atoms with Gasteiger partial charge in [-0.2, -0.15) is 0 Å². The topological polar surface area (TPSA) is 103 Å². The molecule has 0 aliphatic carbocycles. The average molecular weight is 782 g/mol. The first-order valence-corrected chi connectivity index (χ1v) is 19.7. The van der Waals surface area contributed by atoms with Crippen LogP contribution in [0.2, 0.25) is 0 Å². The molecule has 4 saturated heterocycles. The zero-order valence-corrected chi connectivity index (χ0v) is 31.7. The molecule has 2 bridgehead atoms. The average Bonchev–Trinajstić information content (AvgIpc) is 3.75. The lowest BCUT2D eigenvalue weighted by molar-refractivity contribution is -0.145. The van der Waals surface area contributed by atoms with E-state index in [1.54, 1.807) is 38.6 Å². The summed E-state index contributed by atoms with van der Waals surface area (Å²) in [4.78, 5) is 52.4. The SMILES string of the molecule is C=CCN(CCN1CCOCC1)C(=O)C1N([C@@H](CO)Cc2ccccc2)C(=O)[C@@H]2[C@@H](C(=O)N(CC=C)c3ccc(OCC)cc3)[C@@H]3SC12CC3Br. The number of halogens is 1. The van der Waals surface area contributed by atoms with Crippen LogP contribution in [-0.2, 0) is 25.5 Å². The van der Waals surface area contributed by atoms with Crippen LogP contribution in [0.4, 0.5) is 5.69 Å². The number of carbonyl (C=O) groups excluding carboxylic acids is 3. The molecule has 274 valence electrons. The van der Waals surface area contributed by atoms with E-state index < -0.39 is 28.7 Å².